The third-order valence-corrected chi connectivity index (χ3v) is 6.93. The van der Waals surface area contributed by atoms with Crippen LogP contribution in [-0.4, -0.2) is 0 Å². The van der Waals surface area contributed by atoms with Crippen LogP contribution < -0.4 is 0 Å². The van der Waals surface area contributed by atoms with Crippen molar-refractivity contribution in [2.45, 2.75) is 81.6 Å². The van der Waals surface area contributed by atoms with Crippen LogP contribution in [0.25, 0.3) is 0 Å². The van der Waals surface area contributed by atoms with E-state index >= 15 is 0 Å². The molecule has 0 bridgehead atoms. The van der Waals surface area contributed by atoms with Crippen molar-refractivity contribution in [3.8, 4) is 0 Å². The Morgan fingerprint density at radius 3 is 1.35 bits per heavy atom. The molecule has 1 rings (SSSR count). The average Bonchev–Trinajstić information content (AvgIpc) is 2.85. The molecule has 1 aliphatic rings. The first kappa shape index (κ1) is 34.6. The maximum atomic E-state index is 4.33. The van der Waals surface area contributed by atoms with E-state index in [4.69, 9.17) is 0 Å². The zero-order chi connectivity index (χ0) is 30.0. The molecule has 0 amide bonds. The highest BCUT2D eigenvalue weighted by Gasteiger charge is 2.32. The molecule has 1 fully saturated rings. The molecule has 1 aliphatic carbocycles. The molecular weight excluding hydrogens is 480 g/mol. The predicted molar refractivity (Wildman–Crippen MR) is 183 cm³/mol. The van der Waals surface area contributed by atoms with Crippen LogP contribution in [0.15, 0.2) is 155 Å². The Labute approximate surface area is 247 Å². The Balaban J connectivity index is 2.59. The molecule has 0 nitrogen and oxygen atoms in total. The summed E-state index contributed by atoms with van der Waals surface area (Å²) in [7, 11) is 0. The van der Waals surface area contributed by atoms with E-state index in [2.05, 4.69) is 178 Å². The van der Waals surface area contributed by atoms with Gasteiger partial charge in [0.05, 0.1) is 0 Å². The van der Waals surface area contributed by atoms with Gasteiger partial charge in [-0.1, -0.05) is 169 Å². The first-order chi connectivity index (χ1) is 18.9. The summed E-state index contributed by atoms with van der Waals surface area (Å²) in [6.07, 6.45) is 42.3. The standard InChI is InChI=1S/C40H54/c1-32(2)18-13-21-35(5)24-15-26-36(6)25-14-22-33(3)19-11-12-20-34(4)23-16-27-37(7)29-30-39-38(8)28-17-31-40(39,9)10/h11-16,18-27,29-30,39H,8,17,28,31H2,1-7,9-10H3/b12-11+,21-13?,22-14+,23-16+,26-15+,30-29+,33-19+,34-20+,35-24+,36-25+,37-27+. The smallest absolute Gasteiger partial charge is 0.00285 e. The van der Waals surface area contributed by atoms with Gasteiger partial charge in [-0.3, -0.25) is 0 Å². The number of rotatable bonds is 12. The molecule has 40 heavy (non-hydrogen) atoms. The van der Waals surface area contributed by atoms with E-state index in [1.807, 2.05) is 0 Å². The van der Waals surface area contributed by atoms with Crippen molar-refractivity contribution in [1.29, 1.82) is 0 Å². The van der Waals surface area contributed by atoms with Crippen LogP contribution in [-0.2, 0) is 0 Å². The molecular formula is C40H54. The lowest BCUT2D eigenvalue weighted by Crippen LogP contribution is -2.27. The first-order valence-corrected chi connectivity index (χ1v) is 14.6. The number of hydrogen-bond donors (Lipinski definition) is 0. The van der Waals surface area contributed by atoms with Gasteiger partial charge in [-0.2, -0.15) is 0 Å². The van der Waals surface area contributed by atoms with Gasteiger partial charge in [-0.15, -0.1) is 0 Å². The van der Waals surface area contributed by atoms with Crippen LogP contribution in [0.2, 0.25) is 0 Å². The topological polar surface area (TPSA) is 0 Å². The second kappa shape index (κ2) is 18.8. The lowest BCUT2D eigenvalue weighted by atomic mass is 9.66. The van der Waals surface area contributed by atoms with E-state index in [1.54, 1.807) is 0 Å². The summed E-state index contributed by atoms with van der Waals surface area (Å²) in [5, 5.41) is 0. The van der Waals surface area contributed by atoms with E-state index in [0.717, 1.165) is 6.42 Å². The van der Waals surface area contributed by atoms with E-state index in [9.17, 15) is 0 Å². The SMILES string of the molecule is C=C1CCCC(C)(C)C1/C=C/C(C)=C/C=C/C(C)=C/C=C/C=C(C)/C=C/C=C(C)/C=C/C=C(\C)C=CC=C(C)C. The monoisotopic (exact) mass is 534 g/mol. The fraction of sp³-hybridized carbons (Fsp3) is 0.350. The molecule has 0 aromatic rings. The van der Waals surface area contributed by atoms with Crippen molar-refractivity contribution in [3.63, 3.8) is 0 Å². The molecule has 0 radical (unpaired) electrons. The first-order valence-electron chi connectivity index (χ1n) is 14.6. The third kappa shape index (κ3) is 15.9. The summed E-state index contributed by atoms with van der Waals surface area (Å²) in [5.41, 5.74) is 9.12. The minimum absolute atomic E-state index is 0.309. The van der Waals surface area contributed by atoms with Gasteiger partial charge in [0.25, 0.3) is 0 Å². The van der Waals surface area contributed by atoms with E-state index in [0.29, 0.717) is 11.3 Å². The largest absolute Gasteiger partial charge is 0.0992 e. The molecule has 0 aliphatic heterocycles. The van der Waals surface area contributed by atoms with Crippen LogP contribution in [0.5, 0.6) is 0 Å². The van der Waals surface area contributed by atoms with Crippen LogP contribution in [0.3, 0.4) is 0 Å². The molecule has 0 heterocycles. The van der Waals surface area contributed by atoms with E-state index in [1.165, 1.54) is 51.9 Å². The molecule has 214 valence electrons. The fourth-order valence-corrected chi connectivity index (χ4v) is 4.42. The van der Waals surface area contributed by atoms with E-state index < -0.39 is 0 Å². The van der Waals surface area contributed by atoms with Crippen LogP contribution >= 0.6 is 0 Å². The molecule has 0 N–H and O–H groups in total. The molecule has 0 heteroatoms. The molecule has 1 unspecified atom stereocenters. The quantitative estimate of drug-likeness (QED) is 0.172. The molecule has 0 spiro atoms. The summed E-state index contributed by atoms with van der Waals surface area (Å²) >= 11 is 0. The minimum atomic E-state index is 0.309. The van der Waals surface area contributed by atoms with Gasteiger partial charge >= 0.3 is 0 Å². The Kier molecular flexibility index (Phi) is 16.3. The molecule has 1 saturated carbocycles. The Morgan fingerprint density at radius 1 is 0.575 bits per heavy atom. The van der Waals surface area contributed by atoms with Crippen molar-refractivity contribution >= 4 is 0 Å². The van der Waals surface area contributed by atoms with Gasteiger partial charge < -0.3 is 0 Å². The lowest BCUT2D eigenvalue weighted by Gasteiger charge is -2.38. The summed E-state index contributed by atoms with van der Waals surface area (Å²) in [6, 6.07) is 0. The predicted octanol–water partition coefficient (Wildman–Crippen LogP) is 12.4. The number of hydrogen-bond acceptors (Lipinski definition) is 0. The summed E-state index contributed by atoms with van der Waals surface area (Å²) in [4.78, 5) is 0. The highest BCUT2D eigenvalue weighted by molar-refractivity contribution is 5.33. The van der Waals surface area contributed by atoms with Gasteiger partial charge in [0.2, 0.25) is 0 Å². The summed E-state index contributed by atoms with van der Waals surface area (Å²) in [5.74, 6) is 0.473. The van der Waals surface area contributed by atoms with Crippen molar-refractivity contribution in [2.75, 3.05) is 0 Å². The molecule has 0 saturated heterocycles. The van der Waals surface area contributed by atoms with Gasteiger partial charge in [0.1, 0.15) is 0 Å². The van der Waals surface area contributed by atoms with E-state index in [-0.39, 0.29) is 0 Å². The normalized spacial score (nSPS) is 20.5. The Morgan fingerprint density at radius 2 is 0.950 bits per heavy atom. The van der Waals surface area contributed by atoms with Gasteiger partial charge in [0, 0.05) is 5.92 Å². The lowest BCUT2D eigenvalue weighted by molar-refractivity contribution is 0.228. The summed E-state index contributed by atoms with van der Waals surface area (Å²) < 4.78 is 0. The Bertz CT molecular complexity index is 1190. The molecule has 1 atom stereocenters. The van der Waals surface area contributed by atoms with Gasteiger partial charge in [-0.25, -0.2) is 0 Å². The van der Waals surface area contributed by atoms with Gasteiger partial charge in [0.15, 0.2) is 0 Å². The van der Waals surface area contributed by atoms with Crippen LogP contribution in [0.4, 0.5) is 0 Å². The van der Waals surface area contributed by atoms with Crippen LogP contribution in [0, 0.1) is 11.3 Å². The van der Waals surface area contributed by atoms with Crippen molar-refractivity contribution < 1.29 is 0 Å². The maximum absolute atomic E-state index is 4.33. The Hall–Kier alpha value is -3.38. The van der Waals surface area contributed by atoms with Crippen molar-refractivity contribution in [3.05, 3.63) is 155 Å². The molecule has 0 aromatic carbocycles. The highest BCUT2D eigenvalue weighted by atomic mass is 14.4. The number of allylic oxidation sites excluding steroid dienone is 25. The zero-order valence-corrected chi connectivity index (χ0v) is 26.8. The zero-order valence-electron chi connectivity index (χ0n) is 26.8. The minimum Gasteiger partial charge on any atom is -0.0992 e. The fourth-order valence-electron chi connectivity index (χ4n) is 4.42. The van der Waals surface area contributed by atoms with Gasteiger partial charge in [-0.05, 0) is 73.1 Å². The third-order valence-electron chi connectivity index (χ3n) is 6.93. The molecule has 0 aromatic heterocycles. The van der Waals surface area contributed by atoms with Crippen molar-refractivity contribution in [1.82, 2.24) is 0 Å². The average molecular weight is 535 g/mol. The summed E-state index contributed by atoms with van der Waals surface area (Å²) in [6.45, 7) is 23.9. The second-order valence-corrected chi connectivity index (χ2v) is 12.0. The van der Waals surface area contributed by atoms with Crippen molar-refractivity contribution in [2.24, 2.45) is 11.3 Å². The van der Waals surface area contributed by atoms with Crippen LogP contribution in [0.1, 0.15) is 81.6 Å². The highest BCUT2D eigenvalue weighted by Crippen LogP contribution is 2.43. The maximum Gasteiger partial charge on any atom is 0.00285 e. The second-order valence-electron chi connectivity index (χ2n) is 12.0.